The number of hydrogen-bond acceptors (Lipinski definition) is 11. The molecule has 13 heteroatoms. The number of methoxy groups -OCH3 is 1. The Labute approximate surface area is 342 Å². The molecule has 0 saturated carbocycles. The number of aliphatic hydroxyl groups is 2. The minimum atomic E-state index is -2.02. The predicted molar refractivity (Wildman–Crippen MR) is 216 cm³/mol. The average Bonchev–Trinajstić information content (AvgIpc) is 3.72. The molecule has 0 bridgehead atoms. The molecule has 1 spiro atoms. The van der Waals surface area contributed by atoms with Crippen molar-refractivity contribution in [2.24, 2.45) is 5.92 Å². The standard InChI is InChI=1S/C46H45N3O10/c1-3-22-47-42(52)37-39-43(53)59-40(32-16-8-5-9-17-32)38(31-14-6-4-7-15-31)49(39)41(33-18-12-19-34(29-33)57-25-24-51)46(37)35-28-30(13-10-11-23-50)20-21-36(35)48(44(46)54)45(55)58-27-26-56-2/h3-9,12,14-21,28-29,37-41,50-51H,1,11,22-27H2,2H3,(H,47,52)/t37-,38-,39-,40+,41+,46-/m0/s1. The van der Waals surface area contributed by atoms with E-state index in [1.807, 2.05) is 65.6 Å². The second kappa shape index (κ2) is 18.1. The van der Waals surface area contributed by atoms with Gasteiger partial charge in [0.15, 0.2) is 0 Å². The Bertz CT molecular complexity index is 2260. The van der Waals surface area contributed by atoms with E-state index >= 15 is 14.4 Å². The molecule has 13 nitrogen and oxygen atoms in total. The van der Waals surface area contributed by atoms with Crippen molar-refractivity contribution in [3.8, 4) is 17.6 Å². The molecule has 4 aromatic carbocycles. The summed E-state index contributed by atoms with van der Waals surface area (Å²) in [5.41, 5.74) is 0.737. The van der Waals surface area contributed by atoms with Crippen LogP contribution in [0.1, 0.15) is 52.4 Å². The van der Waals surface area contributed by atoms with E-state index < -0.39 is 59.4 Å². The number of ether oxygens (including phenoxy) is 4. The lowest BCUT2D eigenvalue weighted by Gasteiger charge is -2.46. The summed E-state index contributed by atoms with van der Waals surface area (Å²) in [7, 11) is 1.45. The SMILES string of the molecule is C=CCNC(=O)[C@@H]1[C@H]2C(=O)O[C@H](c3ccccc3)[C@H](c3ccccc3)N2[C@H](c2cccc(OCCO)c2)[C@@]12C(=O)N(C(=O)OCCOC)c1ccc(C#CCCO)cc12. The van der Waals surface area contributed by atoms with Gasteiger partial charge in [-0.2, -0.15) is 0 Å². The van der Waals surface area contributed by atoms with Gasteiger partial charge >= 0.3 is 12.1 Å². The van der Waals surface area contributed by atoms with Gasteiger partial charge in [0.25, 0.3) is 0 Å². The van der Waals surface area contributed by atoms with Crippen LogP contribution in [0.3, 0.4) is 0 Å². The number of nitrogens with one attached hydrogen (secondary N) is 1. The Kier molecular flexibility index (Phi) is 12.5. The highest BCUT2D eigenvalue weighted by Gasteiger charge is 2.75. The van der Waals surface area contributed by atoms with Crippen molar-refractivity contribution in [2.45, 2.75) is 36.1 Å². The van der Waals surface area contributed by atoms with Gasteiger partial charge in [0.05, 0.1) is 43.5 Å². The molecule has 3 heterocycles. The third kappa shape index (κ3) is 7.48. The van der Waals surface area contributed by atoms with Gasteiger partial charge < -0.3 is 34.5 Å². The van der Waals surface area contributed by atoms with E-state index in [0.717, 1.165) is 10.5 Å². The van der Waals surface area contributed by atoms with Crippen LogP contribution in [0.5, 0.6) is 5.75 Å². The highest BCUT2D eigenvalue weighted by atomic mass is 16.6. The number of hydrogen-bond donors (Lipinski definition) is 3. The van der Waals surface area contributed by atoms with Crippen LogP contribution in [-0.2, 0) is 34.0 Å². The van der Waals surface area contributed by atoms with Crippen molar-refractivity contribution < 1.29 is 48.3 Å². The van der Waals surface area contributed by atoms with Crippen molar-refractivity contribution in [3.05, 3.63) is 144 Å². The number of amides is 3. The molecular formula is C46H45N3O10. The maximum Gasteiger partial charge on any atom is 0.421 e. The summed E-state index contributed by atoms with van der Waals surface area (Å²) in [5, 5.41) is 22.1. The van der Waals surface area contributed by atoms with Gasteiger partial charge in [-0.3, -0.25) is 19.3 Å². The molecular weight excluding hydrogens is 755 g/mol. The number of carbonyl (C=O) groups is 4. The first-order chi connectivity index (χ1) is 28.8. The van der Waals surface area contributed by atoms with E-state index in [1.165, 1.54) is 13.2 Å². The molecule has 304 valence electrons. The first-order valence-electron chi connectivity index (χ1n) is 19.4. The molecule has 0 unspecified atom stereocenters. The molecule has 2 fully saturated rings. The number of aliphatic hydroxyl groups excluding tert-OH is 2. The number of morpholine rings is 1. The smallest absolute Gasteiger partial charge is 0.421 e. The molecule has 3 amide bonds. The highest BCUT2D eigenvalue weighted by Crippen LogP contribution is 2.66. The monoisotopic (exact) mass is 799 g/mol. The number of rotatable bonds is 13. The number of esters is 1. The fraction of sp³-hybridized carbons (Fsp3) is 0.304. The molecule has 3 aliphatic heterocycles. The van der Waals surface area contributed by atoms with Crippen molar-refractivity contribution in [3.63, 3.8) is 0 Å². The first-order valence-corrected chi connectivity index (χ1v) is 19.4. The summed E-state index contributed by atoms with van der Waals surface area (Å²) < 4.78 is 23.1. The van der Waals surface area contributed by atoms with E-state index in [9.17, 15) is 15.0 Å². The lowest BCUT2D eigenvalue weighted by Crippen LogP contribution is -2.55. The Morgan fingerprint density at radius 2 is 1.61 bits per heavy atom. The van der Waals surface area contributed by atoms with Crippen molar-refractivity contribution in [1.82, 2.24) is 10.2 Å². The van der Waals surface area contributed by atoms with E-state index in [1.54, 1.807) is 42.5 Å². The molecule has 0 radical (unpaired) electrons. The van der Waals surface area contributed by atoms with Gasteiger partial charge in [0.1, 0.15) is 36.5 Å². The third-order valence-corrected chi connectivity index (χ3v) is 10.9. The second-order valence-corrected chi connectivity index (χ2v) is 14.2. The Hall–Kier alpha value is -6.30. The van der Waals surface area contributed by atoms with Crippen LogP contribution < -0.4 is 15.0 Å². The first kappa shape index (κ1) is 40.9. The summed E-state index contributed by atoms with van der Waals surface area (Å²) in [6, 6.07) is 27.2. The lowest BCUT2D eigenvalue weighted by molar-refractivity contribution is -0.178. The zero-order chi connectivity index (χ0) is 41.5. The van der Waals surface area contributed by atoms with Crippen LogP contribution in [0.15, 0.2) is 116 Å². The molecule has 0 aromatic heterocycles. The van der Waals surface area contributed by atoms with E-state index in [4.69, 9.17) is 18.9 Å². The summed E-state index contributed by atoms with van der Waals surface area (Å²) >= 11 is 0. The Morgan fingerprint density at radius 1 is 0.881 bits per heavy atom. The predicted octanol–water partition coefficient (Wildman–Crippen LogP) is 4.54. The third-order valence-electron chi connectivity index (χ3n) is 10.9. The van der Waals surface area contributed by atoms with Gasteiger partial charge in [-0.15, -0.1) is 6.58 Å². The van der Waals surface area contributed by atoms with Crippen LogP contribution in [0, 0.1) is 17.8 Å². The van der Waals surface area contributed by atoms with Gasteiger partial charge in [0.2, 0.25) is 11.8 Å². The number of imide groups is 1. The number of nitrogens with zero attached hydrogens (tertiary/aromatic N) is 2. The zero-order valence-corrected chi connectivity index (χ0v) is 32.5. The van der Waals surface area contributed by atoms with Crippen LogP contribution in [0.25, 0.3) is 0 Å². The molecule has 0 aliphatic carbocycles. The Balaban J connectivity index is 1.59. The minimum Gasteiger partial charge on any atom is -0.491 e. The maximum atomic E-state index is 16.0. The molecule has 3 aliphatic rings. The van der Waals surface area contributed by atoms with Crippen LogP contribution in [-0.4, -0.2) is 91.7 Å². The zero-order valence-electron chi connectivity index (χ0n) is 32.5. The molecule has 4 aromatic rings. The fourth-order valence-corrected chi connectivity index (χ4v) is 8.68. The summed E-state index contributed by atoms with van der Waals surface area (Å²) in [6.07, 6.45) is -0.238. The van der Waals surface area contributed by atoms with Crippen LogP contribution in [0.2, 0.25) is 0 Å². The van der Waals surface area contributed by atoms with Gasteiger partial charge in [0, 0.05) is 25.6 Å². The average molecular weight is 800 g/mol. The number of cyclic esters (lactones) is 1. The number of benzene rings is 4. The van der Waals surface area contributed by atoms with Crippen LogP contribution >= 0.6 is 0 Å². The largest absolute Gasteiger partial charge is 0.491 e. The molecule has 2 saturated heterocycles. The Morgan fingerprint density at radius 3 is 2.31 bits per heavy atom. The van der Waals surface area contributed by atoms with E-state index in [0.29, 0.717) is 22.4 Å². The second-order valence-electron chi connectivity index (χ2n) is 14.2. The topological polar surface area (TPSA) is 164 Å². The molecule has 59 heavy (non-hydrogen) atoms. The molecule has 6 atom stereocenters. The highest BCUT2D eigenvalue weighted by molar-refractivity contribution is 6.23. The van der Waals surface area contributed by atoms with E-state index in [-0.39, 0.29) is 57.3 Å². The van der Waals surface area contributed by atoms with Crippen molar-refractivity contribution in [1.29, 1.82) is 0 Å². The van der Waals surface area contributed by atoms with Crippen molar-refractivity contribution >= 4 is 29.6 Å². The summed E-state index contributed by atoms with van der Waals surface area (Å²) in [5.74, 6) is 2.64. The van der Waals surface area contributed by atoms with Gasteiger partial charge in [-0.25, -0.2) is 9.69 Å². The fourth-order valence-electron chi connectivity index (χ4n) is 8.68. The van der Waals surface area contributed by atoms with Crippen molar-refractivity contribution in [2.75, 3.05) is 51.6 Å². The number of anilines is 1. The maximum absolute atomic E-state index is 16.0. The van der Waals surface area contributed by atoms with Crippen LogP contribution in [0.4, 0.5) is 10.5 Å². The van der Waals surface area contributed by atoms with E-state index in [2.05, 4.69) is 23.7 Å². The number of fused-ring (bicyclic) bond motifs is 3. The quantitative estimate of drug-likeness (QED) is 0.0753. The summed E-state index contributed by atoms with van der Waals surface area (Å²) in [4.78, 5) is 63.1. The normalized spacial score (nSPS) is 23.1. The minimum absolute atomic E-state index is 0.00752. The molecule has 7 rings (SSSR count). The lowest BCUT2D eigenvalue weighted by atomic mass is 9.65. The number of carbonyl (C=O) groups excluding carboxylic acids is 4. The molecule has 3 N–H and O–H groups in total. The summed E-state index contributed by atoms with van der Waals surface area (Å²) in [6.45, 7) is 3.22. The van der Waals surface area contributed by atoms with Gasteiger partial charge in [-0.1, -0.05) is 90.7 Å². The van der Waals surface area contributed by atoms with Gasteiger partial charge in [-0.05, 0) is 52.6 Å².